The molecule has 0 atom stereocenters. The van der Waals surface area contributed by atoms with Gasteiger partial charge in [-0.2, -0.15) is 0 Å². The number of aromatic nitrogens is 1. The maximum Gasteiger partial charge on any atom is 0.343 e. The number of carbonyl (C=O) groups excluding carboxylic acids is 1. The van der Waals surface area contributed by atoms with Crippen molar-refractivity contribution in [3.63, 3.8) is 0 Å². The zero-order valence-corrected chi connectivity index (χ0v) is 10.7. The Morgan fingerprint density at radius 1 is 1.30 bits per heavy atom. The van der Waals surface area contributed by atoms with Gasteiger partial charge in [-0.25, -0.2) is 18.0 Å². The number of ether oxygens (including phenoxy) is 1. The van der Waals surface area contributed by atoms with Gasteiger partial charge in [-0.05, 0) is 6.92 Å². The smallest absolute Gasteiger partial charge is 0.343 e. The van der Waals surface area contributed by atoms with Gasteiger partial charge in [-0.15, -0.1) is 0 Å². The summed E-state index contributed by atoms with van der Waals surface area (Å²) in [6, 6.07) is 0.698. The van der Waals surface area contributed by atoms with Gasteiger partial charge in [-0.1, -0.05) is 0 Å². The Kier molecular flexibility index (Phi) is 3.52. The van der Waals surface area contributed by atoms with Crippen LogP contribution in [-0.4, -0.2) is 17.1 Å². The van der Waals surface area contributed by atoms with Crippen molar-refractivity contribution in [2.24, 2.45) is 7.05 Å². The lowest BCUT2D eigenvalue weighted by Crippen LogP contribution is -2.21. The number of fused-ring (bicyclic) bond motifs is 1. The molecular weight excluding hydrogens is 275 g/mol. The minimum absolute atomic E-state index is 0.0281. The summed E-state index contributed by atoms with van der Waals surface area (Å²) in [5.74, 6) is -5.73. The molecule has 1 aromatic heterocycles. The minimum atomic E-state index is -1.75. The zero-order valence-electron chi connectivity index (χ0n) is 10.7. The highest BCUT2D eigenvalue weighted by Gasteiger charge is 2.22. The molecule has 20 heavy (non-hydrogen) atoms. The molecule has 0 amide bonds. The second-order valence-corrected chi connectivity index (χ2v) is 4.08. The maximum atomic E-state index is 13.7. The molecule has 106 valence electrons. The van der Waals surface area contributed by atoms with Crippen LogP contribution in [0.5, 0.6) is 0 Å². The lowest BCUT2D eigenvalue weighted by Gasteiger charge is -2.10. The van der Waals surface area contributed by atoms with Crippen molar-refractivity contribution in [3.8, 4) is 0 Å². The predicted octanol–water partition coefficient (Wildman–Crippen LogP) is 2.13. The van der Waals surface area contributed by atoms with Gasteiger partial charge in [0.05, 0.1) is 17.5 Å². The van der Waals surface area contributed by atoms with Crippen molar-refractivity contribution in [2.75, 3.05) is 6.61 Å². The maximum absolute atomic E-state index is 13.7. The Balaban J connectivity index is 2.89. The average molecular weight is 285 g/mol. The van der Waals surface area contributed by atoms with Crippen LogP contribution in [-0.2, 0) is 11.8 Å². The number of hydrogen-bond acceptors (Lipinski definition) is 3. The van der Waals surface area contributed by atoms with Crippen molar-refractivity contribution in [1.82, 2.24) is 4.57 Å². The topological polar surface area (TPSA) is 48.3 Å². The fourth-order valence-electron chi connectivity index (χ4n) is 1.89. The number of carbonyl (C=O) groups is 1. The molecular formula is C13H10F3NO3. The van der Waals surface area contributed by atoms with E-state index in [-0.39, 0.29) is 12.1 Å². The van der Waals surface area contributed by atoms with E-state index in [4.69, 9.17) is 0 Å². The Bertz CT molecular complexity index is 768. The molecule has 0 aliphatic carbocycles. The van der Waals surface area contributed by atoms with Gasteiger partial charge in [0.2, 0.25) is 5.43 Å². The molecule has 1 aromatic carbocycles. The van der Waals surface area contributed by atoms with Crippen LogP contribution in [0.15, 0.2) is 17.1 Å². The van der Waals surface area contributed by atoms with E-state index in [0.717, 1.165) is 10.8 Å². The number of esters is 1. The Hall–Kier alpha value is -2.31. The fourth-order valence-corrected chi connectivity index (χ4v) is 1.89. The third-order valence-electron chi connectivity index (χ3n) is 2.81. The summed E-state index contributed by atoms with van der Waals surface area (Å²) in [5, 5.41) is -0.683. The van der Waals surface area contributed by atoms with E-state index >= 15 is 0 Å². The minimum Gasteiger partial charge on any atom is -0.462 e. The van der Waals surface area contributed by atoms with Crippen LogP contribution in [0.1, 0.15) is 17.3 Å². The van der Waals surface area contributed by atoms with E-state index in [1.165, 1.54) is 7.05 Å². The number of rotatable bonds is 2. The molecule has 0 saturated heterocycles. The van der Waals surface area contributed by atoms with E-state index < -0.39 is 39.8 Å². The van der Waals surface area contributed by atoms with Gasteiger partial charge in [-0.3, -0.25) is 4.79 Å². The standard InChI is InChI=1S/C13H10F3NO3/c1-3-20-13(19)6-5-17(2)8-4-7(14)10(15)11(16)9(8)12(6)18/h4-5H,3H2,1-2H3. The summed E-state index contributed by atoms with van der Waals surface area (Å²) in [6.45, 7) is 1.57. The quantitative estimate of drug-likeness (QED) is 0.627. The van der Waals surface area contributed by atoms with Crippen LogP contribution < -0.4 is 5.43 Å². The molecule has 2 aromatic rings. The first kappa shape index (κ1) is 14.1. The zero-order chi connectivity index (χ0) is 15.0. The van der Waals surface area contributed by atoms with Crippen molar-refractivity contribution >= 4 is 16.9 Å². The first-order valence-electron chi connectivity index (χ1n) is 5.72. The van der Waals surface area contributed by atoms with Crippen LogP contribution in [0.25, 0.3) is 10.9 Å². The fraction of sp³-hybridized carbons (Fsp3) is 0.231. The van der Waals surface area contributed by atoms with Crippen LogP contribution >= 0.6 is 0 Å². The molecule has 7 heteroatoms. The van der Waals surface area contributed by atoms with E-state index in [1.54, 1.807) is 6.92 Å². The highest BCUT2D eigenvalue weighted by molar-refractivity contribution is 5.94. The Morgan fingerprint density at radius 3 is 2.55 bits per heavy atom. The monoisotopic (exact) mass is 285 g/mol. The molecule has 2 rings (SSSR count). The van der Waals surface area contributed by atoms with Crippen LogP contribution in [0.3, 0.4) is 0 Å². The van der Waals surface area contributed by atoms with E-state index in [1.807, 2.05) is 0 Å². The molecule has 0 spiro atoms. The Labute approximate surface area is 111 Å². The SMILES string of the molecule is CCOC(=O)c1cn(C)c2cc(F)c(F)c(F)c2c1=O. The van der Waals surface area contributed by atoms with Crippen molar-refractivity contribution < 1.29 is 22.7 Å². The first-order chi connectivity index (χ1) is 9.38. The van der Waals surface area contributed by atoms with Gasteiger partial charge in [0.25, 0.3) is 0 Å². The molecule has 4 nitrogen and oxygen atoms in total. The van der Waals surface area contributed by atoms with Crippen molar-refractivity contribution in [1.29, 1.82) is 0 Å². The number of benzene rings is 1. The molecule has 0 N–H and O–H groups in total. The van der Waals surface area contributed by atoms with Gasteiger partial charge in [0.15, 0.2) is 17.5 Å². The van der Waals surface area contributed by atoms with Crippen molar-refractivity contribution in [3.05, 3.63) is 45.5 Å². The number of hydrogen-bond donors (Lipinski definition) is 0. The van der Waals surface area contributed by atoms with Gasteiger partial charge in [0, 0.05) is 19.3 Å². The van der Waals surface area contributed by atoms with Gasteiger partial charge < -0.3 is 9.30 Å². The molecule has 0 aliphatic rings. The second kappa shape index (κ2) is 4.99. The van der Waals surface area contributed by atoms with E-state index in [0.29, 0.717) is 6.07 Å². The third kappa shape index (κ3) is 2.04. The third-order valence-corrected chi connectivity index (χ3v) is 2.81. The summed E-state index contributed by atoms with van der Waals surface area (Å²) in [6.07, 6.45) is 1.10. The van der Waals surface area contributed by atoms with E-state index in [2.05, 4.69) is 4.74 Å². The van der Waals surface area contributed by atoms with Crippen LogP contribution in [0.4, 0.5) is 13.2 Å². The lowest BCUT2D eigenvalue weighted by atomic mass is 10.1. The van der Waals surface area contributed by atoms with Crippen LogP contribution in [0.2, 0.25) is 0 Å². The molecule has 0 radical (unpaired) electrons. The highest BCUT2D eigenvalue weighted by Crippen LogP contribution is 2.20. The lowest BCUT2D eigenvalue weighted by molar-refractivity contribution is 0.0524. The first-order valence-corrected chi connectivity index (χ1v) is 5.72. The molecule has 0 saturated carbocycles. The molecule has 1 heterocycles. The van der Waals surface area contributed by atoms with Gasteiger partial charge >= 0.3 is 5.97 Å². The highest BCUT2D eigenvalue weighted by atomic mass is 19.2. The van der Waals surface area contributed by atoms with Gasteiger partial charge in [0.1, 0.15) is 5.56 Å². The molecule has 0 unspecified atom stereocenters. The molecule has 0 bridgehead atoms. The summed E-state index contributed by atoms with van der Waals surface area (Å²) in [4.78, 5) is 23.6. The summed E-state index contributed by atoms with van der Waals surface area (Å²) in [7, 11) is 1.38. The second-order valence-electron chi connectivity index (χ2n) is 4.08. The molecule has 0 aliphatic heterocycles. The average Bonchev–Trinajstić information content (AvgIpc) is 2.40. The van der Waals surface area contributed by atoms with Crippen molar-refractivity contribution in [2.45, 2.75) is 6.92 Å². The van der Waals surface area contributed by atoms with E-state index in [9.17, 15) is 22.8 Å². The number of pyridine rings is 1. The number of aryl methyl sites for hydroxylation is 1. The normalized spacial score (nSPS) is 10.8. The molecule has 0 fully saturated rings. The van der Waals surface area contributed by atoms with Crippen LogP contribution in [0, 0.1) is 17.5 Å². The summed E-state index contributed by atoms with van der Waals surface area (Å²) in [5.41, 5.74) is -1.63. The Morgan fingerprint density at radius 2 is 1.95 bits per heavy atom. The largest absolute Gasteiger partial charge is 0.462 e. The number of halogens is 3. The number of nitrogens with zero attached hydrogens (tertiary/aromatic N) is 1. The summed E-state index contributed by atoms with van der Waals surface area (Å²) < 4.78 is 46.0. The summed E-state index contributed by atoms with van der Waals surface area (Å²) >= 11 is 0. The predicted molar refractivity (Wildman–Crippen MR) is 65.0 cm³/mol.